The van der Waals surface area contributed by atoms with E-state index in [0.29, 0.717) is 0 Å². The molecule has 0 aromatic carbocycles. The highest BCUT2D eigenvalue weighted by molar-refractivity contribution is 5.71. The van der Waals surface area contributed by atoms with E-state index < -0.39 is 24.5 Å². The van der Waals surface area contributed by atoms with Gasteiger partial charge in [-0.05, 0) is 0 Å². The van der Waals surface area contributed by atoms with Crippen LogP contribution >= 0.6 is 0 Å². The second-order valence-electron chi connectivity index (χ2n) is 4.97. The quantitative estimate of drug-likeness (QED) is 0.466. The maximum atomic E-state index is 12.0. The molecule has 10 nitrogen and oxygen atoms in total. The lowest BCUT2D eigenvalue weighted by Crippen LogP contribution is -2.39. The van der Waals surface area contributed by atoms with Gasteiger partial charge in [0.15, 0.2) is 17.4 Å². The Hall–Kier alpha value is -2.01. The summed E-state index contributed by atoms with van der Waals surface area (Å²) in [6, 6.07) is -0.786. The number of nitrogens with two attached hydrogens (primary N) is 2. The molecule has 114 valence electrons. The SMILES string of the molecule is Cn1c(N)nc2c(ncn2[C@@H]2O[C@H](CO)[C@@H](O)C2N)c1=O. The van der Waals surface area contributed by atoms with Crippen molar-refractivity contribution in [2.24, 2.45) is 12.8 Å². The van der Waals surface area contributed by atoms with Gasteiger partial charge in [0.25, 0.3) is 5.56 Å². The molecule has 1 aliphatic rings. The van der Waals surface area contributed by atoms with Gasteiger partial charge in [-0.1, -0.05) is 0 Å². The maximum absolute atomic E-state index is 12.0. The van der Waals surface area contributed by atoms with Crippen molar-refractivity contribution in [3.05, 3.63) is 16.7 Å². The number of ether oxygens (including phenoxy) is 1. The lowest BCUT2D eigenvalue weighted by atomic mass is 10.1. The first-order valence-electron chi connectivity index (χ1n) is 6.34. The molecule has 0 bridgehead atoms. The van der Waals surface area contributed by atoms with Crippen LogP contribution in [0, 0.1) is 0 Å². The van der Waals surface area contributed by atoms with Crippen LogP contribution in [0.5, 0.6) is 0 Å². The molecular formula is C11H16N6O4. The van der Waals surface area contributed by atoms with Gasteiger partial charge in [-0.15, -0.1) is 0 Å². The van der Waals surface area contributed by atoms with Crippen LogP contribution in [0.25, 0.3) is 11.2 Å². The Bertz CT molecular complexity index is 740. The smallest absolute Gasteiger partial charge is 0.282 e. The second kappa shape index (κ2) is 4.77. The lowest BCUT2D eigenvalue weighted by molar-refractivity contribution is -0.0437. The summed E-state index contributed by atoms with van der Waals surface area (Å²) in [5.41, 5.74) is 11.5. The van der Waals surface area contributed by atoms with Gasteiger partial charge >= 0.3 is 0 Å². The fourth-order valence-corrected chi connectivity index (χ4v) is 2.42. The monoisotopic (exact) mass is 296 g/mol. The highest BCUT2D eigenvalue weighted by Gasteiger charge is 2.42. The van der Waals surface area contributed by atoms with Crippen LogP contribution in [0.15, 0.2) is 11.1 Å². The predicted octanol–water partition coefficient (Wildman–Crippen LogP) is -2.71. The molecule has 2 aromatic heterocycles. The van der Waals surface area contributed by atoms with Crippen molar-refractivity contribution in [2.45, 2.75) is 24.5 Å². The minimum Gasteiger partial charge on any atom is -0.394 e. The Morgan fingerprint density at radius 3 is 2.86 bits per heavy atom. The molecule has 3 rings (SSSR count). The number of imidazole rings is 1. The Morgan fingerprint density at radius 2 is 2.24 bits per heavy atom. The van der Waals surface area contributed by atoms with Crippen molar-refractivity contribution in [3.8, 4) is 0 Å². The molecule has 3 heterocycles. The Morgan fingerprint density at radius 1 is 1.52 bits per heavy atom. The standard InChI is InChI=1S/C11H16N6O4/c1-16-9(20)6-8(15-11(16)13)17(3-14-6)10-5(12)7(19)4(2-18)21-10/h3-5,7,10,18-19H,2,12H2,1H3,(H2,13,15)/t4-,5?,7-,10-/m1/s1. The van der Waals surface area contributed by atoms with E-state index in [9.17, 15) is 9.90 Å². The lowest BCUT2D eigenvalue weighted by Gasteiger charge is -2.17. The van der Waals surface area contributed by atoms with Crippen LogP contribution in [-0.2, 0) is 11.8 Å². The summed E-state index contributed by atoms with van der Waals surface area (Å²) < 4.78 is 8.13. The second-order valence-corrected chi connectivity index (χ2v) is 4.97. The third-order valence-electron chi connectivity index (χ3n) is 3.71. The number of fused-ring (bicyclic) bond motifs is 1. The topological polar surface area (TPSA) is 154 Å². The third kappa shape index (κ3) is 1.92. The van der Waals surface area contributed by atoms with E-state index in [2.05, 4.69) is 9.97 Å². The van der Waals surface area contributed by atoms with Crippen molar-refractivity contribution in [3.63, 3.8) is 0 Å². The van der Waals surface area contributed by atoms with Gasteiger partial charge in [0.05, 0.1) is 19.0 Å². The van der Waals surface area contributed by atoms with Crippen LogP contribution < -0.4 is 17.0 Å². The average Bonchev–Trinajstić information content (AvgIpc) is 2.99. The molecule has 2 aromatic rings. The number of aromatic nitrogens is 4. The van der Waals surface area contributed by atoms with Crippen molar-refractivity contribution < 1.29 is 14.9 Å². The van der Waals surface area contributed by atoms with E-state index in [1.54, 1.807) is 0 Å². The van der Waals surface area contributed by atoms with Crippen molar-refractivity contribution in [2.75, 3.05) is 12.3 Å². The number of hydrogen-bond donors (Lipinski definition) is 4. The van der Waals surface area contributed by atoms with Crippen molar-refractivity contribution in [1.29, 1.82) is 0 Å². The van der Waals surface area contributed by atoms with Crippen LogP contribution in [0.3, 0.4) is 0 Å². The molecule has 0 amide bonds. The van der Waals surface area contributed by atoms with Gasteiger partial charge in [0, 0.05) is 7.05 Å². The summed E-state index contributed by atoms with van der Waals surface area (Å²) >= 11 is 0. The molecular weight excluding hydrogens is 280 g/mol. The zero-order valence-electron chi connectivity index (χ0n) is 11.2. The van der Waals surface area contributed by atoms with Crippen molar-refractivity contribution in [1.82, 2.24) is 19.1 Å². The van der Waals surface area contributed by atoms with E-state index in [1.807, 2.05) is 0 Å². The highest BCUT2D eigenvalue weighted by atomic mass is 16.5. The minimum atomic E-state index is -1.03. The third-order valence-corrected chi connectivity index (χ3v) is 3.71. The molecule has 21 heavy (non-hydrogen) atoms. The number of aliphatic hydroxyl groups is 2. The van der Waals surface area contributed by atoms with Crippen LogP contribution in [-0.4, -0.2) is 54.2 Å². The summed E-state index contributed by atoms with van der Waals surface area (Å²) in [6.07, 6.45) is -1.26. The van der Waals surface area contributed by atoms with Gasteiger partial charge in [0.1, 0.15) is 12.2 Å². The fraction of sp³-hybridized carbons (Fsp3) is 0.545. The molecule has 6 N–H and O–H groups in total. The Balaban J connectivity index is 2.12. The van der Waals surface area contributed by atoms with Crippen LogP contribution in [0.4, 0.5) is 5.95 Å². The molecule has 0 spiro atoms. The maximum Gasteiger partial charge on any atom is 0.282 e. The number of nitrogen functional groups attached to an aromatic ring is 1. The minimum absolute atomic E-state index is 0.0278. The van der Waals surface area contributed by atoms with Gasteiger partial charge in [0.2, 0.25) is 5.95 Å². The van der Waals surface area contributed by atoms with Crippen LogP contribution in [0.2, 0.25) is 0 Å². The number of aliphatic hydroxyl groups excluding tert-OH is 2. The largest absolute Gasteiger partial charge is 0.394 e. The molecule has 0 radical (unpaired) electrons. The Kier molecular flexibility index (Phi) is 3.17. The first-order valence-corrected chi connectivity index (χ1v) is 6.34. The normalized spacial score (nSPS) is 29.3. The highest BCUT2D eigenvalue weighted by Crippen LogP contribution is 2.29. The predicted molar refractivity (Wildman–Crippen MR) is 72.2 cm³/mol. The Labute approximate surface area is 118 Å². The van der Waals surface area contributed by atoms with Gasteiger partial charge < -0.3 is 26.4 Å². The number of hydrogen-bond acceptors (Lipinski definition) is 8. The first-order chi connectivity index (χ1) is 9.95. The summed E-state index contributed by atoms with van der Waals surface area (Å²) in [5.74, 6) is 0.0278. The molecule has 4 atom stereocenters. The molecule has 1 aliphatic heterocycles. The van der Waals surface area contributed by atoms with E-state index in [-0.39, 0.29) is 29.3 Å². The molecule has 10 heteroatoms. The van der Waals surface area contributed by atoms with E-state index in [4.69, 9.17) is 21.3 Å². The molecule has 1 fully saturated rings. The molecule has 0 aliphatic carbocycles. The van der Waals surface area contributed by atoms with Gasteiger partial charge in [-0.3, -0.25) is 13.9 Å². The summed E-state index contributed by atoms with van der Waals surface area (Å²) in [5, 5.41) is 19.1. The molecule has 1 unspecified atom stereocenters. The summed E-state index contributed by atoms with van der Waals surface area (Å²) in [4.78, 5) is 20.2. The first kappa shape index (κ1) is 13.9. The van der Waals surface area contributed by atoms with Crippen molar-refractivity contribution >= 4 is 17.1 Å². The zero-order chi connectivity index (χ0) is 15.3. The van der Waals surface area contributed by atoms with E-state index in [1.165, 1.54) is 22.5 Å². The van der Waals surface area contributed by atoms with Gasteiger partial charge in [-0.25, -0.2) is 4.98 Å². The van der Waals surface area contributed by atoms with Gasteiger partial charge in [-0.2, -0.15) is 4.98 Å². The summed E-state index contributed by atoms with van der Waals surface area (Å²) in [6.45, 7) is -0.366. The summed E-state index contributed by atoms with van der Waals surface area (Å²) in [7, 11) is 1.49. The number of nitrogens with zero attached hydrogens (tertiary/aromatic N) is 4. The van der Waals surface area contributed by atoms with Crippen LogP contribution in [0.1, 0.15) is 6.23 Å². The zero-order valence-corrected chi connectivity index (χ0v) is 11.2. The molecule has 1 saturated heterocycles. The number of anilines is 1. The number of rotatable bonds is 2. The van der Waals surface area contributed by atoms with E-state index >= 15 is 0 Å². The van der Waals surface area contributed by atoms with E-state index in [0.717, 1.165) is 0 Å². The average molecular weight is 296 g/mol. The fourth-order valence-electron chi connectivity index (χ4n) is 2.42. The molecule has 0 saturated carbocycles.